The predicted molar refractivity (Wildman–Crippen MR) is 70.8 cm³/mol. The predicted octanol–water partition coefficient (Wildman–Crippen LogP) is 0.407. The van der Waals surface area contributed by atoms with Gasteiger partial charge < -0.3 is 20.6 Å². The highest BCUT2D eigenvalue weighted by molar-refractivity contribution is 5.83. The molecule has 0 heterocycles. The molecule has 3 amide bonds. The van der Waals surface area contributed by atoms with E-state index in [-0.39, 0.29) is 18.9 Å². The maximum absolute atomic E-state index is 11.5. The third kappa shape index (κ3) is 8.01. The Labute approximate surface area is 113 Å². The molecule has 0 bridgehead atoms. The van der Waals surface area contributed by atoms with Gasteiger partial charge in [0.2, 0.25) is 5.91 Å². The quantitative estimate of drug-likeness (QED) is 0.596. The largest absolute Gasteiger partial charge is 0.480 e. The Morgan fingerprint density at radius 1 is 1.26 bits per heavy atom. The van der Waals surface area contributed by atoms with Crippen molar-refractivity contribution in [2.75, 3.05) is 20.6 Å². The molecule has 0 aliphatic heterocycles. The lowest BCUT2D eigenvalue weighted by molar-refractivity contribution is -0.139. The van der Waals surface area contributed by atoms with Gasteiger partial charge in [-0.3, -0.25) is 4.79 Å². The van der Waals surface area contributed by atoms with Crippen molar-refractivity contribution in [3.8, 4) is 0 Å². The molecular formula is C12H23N3O4. The molecule has 0 rings (SSSR count). The van der Waals surface area contributed by atoms with Crippen LogP contribution in [0, 0.1) is 0 Å². The van der Waals surface area contributed by atoms with E-state index >= 15 is 0 Å². The van der Waals surface area contributed by atoms with E-state index in [0.717, 1.165) is 12.8 Å². The molecule has 0 aliphatic carbocycles. The number of urea groups is 1. The van der Waals surface area contributed by atoms with Gasteiger partial charge in [0.1, 0.15) is 6.04 Å². The van der Waals surface area contributed by atoms with Crippen LogP contribution in [0.2, 0.25) is 0 Å². The van der Waals surface area contributed by atoms with Gasteiger partial charge in [0.25, 0.3) is 0 Å². The van der Waals surface area contributed by atoms with Crippen molar-refractivity contribution in [2.24, 2.45) is 0 Å². The number of carbonyl (C=O) groups is 3. The molecule has 1 unspecified atom stereocenters. The zero-order valence-electron chi connectivity index (χ0n) is 11.7. The van der Waals surface area contributed by atoms with Gasteiger partial charge in [-0.15, -0.1) is 0 Å². The number of rotatable bonds is 8. The van der Waals surface area contributed by atoms with Crippen molar-refractivity contribution in [3.05, 3.63) is 0 Å². The Kier molecular flexibility index (Phi) is 8.32. The number of aliphatic carboxylic acids is 1. The van der Waals surface area contributed by atoms with Crippen LogP contribution in [0.3, 0.4) is 0 Å². The molecule has 0 spiro atoms. The zero-order chi connectivity index (χ0) is 14.8. The summed E-state index contributed by atoms with van der Waals surface area (Å²) in [5.74, 6) is -1.14. The number of carboxylic acid groups (broad SMARTS) is 1. The molecular weight excluding hydrogens is 250 g/mol. The Bertz CT molecular complexity index is 318. The van der Waals surface area contributed by atoms with Gasteiger partial charge in [0, 0.05) is 27.1 Å². The van der Waals surface area contributed by atoms with Gasteiger partial charge in [-0.05, 0) is 6.42 Å². The number of hydrogen-bond donors (Lipinski definition) is 3. The van der Waals surface area contributed by atoms with Crippen molar-refractivity contribution in [2.45, 2.75) is 38.6 Å². The average Bonchev–Trinajstić information content (AvgIpc) is 2.33. The second-order valence-corrected chi connectivity index (χ2v) is 4.47. The molecule has 7 nitrogen and oxygen atoms in total. The topological polar surface area (TPSA) is 98.7 Å². The highest BCUT2D eigenvalue weighted by atomic mass is 16.4. The van der Waals surface area contributed by atoms with Crippen LogP contribution in [0.25, 0.3) is 0 Å². The number of nitrogens with one attached hydrogen (secondary N) is 2. The number of carboxylic acids is 1. The van der Waals surface area contributed by atoms with E-state index in [1.54, 1.807) is 14.1 Å². The Hall–Kier alpha value is -1.79. The van der Waals surface area contributed by atoms with E-state index in [1.807, 2.05) is 6.92 Å². The second kappa shape index (κ2) is 9.18. The molecule has 0 radical (unpaired) electrons. The number of amides is 3. The van der Waals surface area contributed by atoms with Crippen molar-refractivity contribution >= 4 is 17.9 Å². The molecule has 0 saturated carbocycles. The van der Waals surface area contributed by atoms with Crippen LogP contribution < -0.4 is 10.6 Å². The SMILES string of the molecule is CCCCC(NC(=O)NCCC(=O)N(C)C)C(=O)O. The van der Waals surface area contributed by atoms with Gasteiger partial charge in [-0.1, -0.05) is 19.8 Å². The molecule has 19 heavy (non-hydrogen) atoms. The van der Waals surface area contributed by atoms with E-state index < -0.39 is 18.0 Å². The normalized spacial score (nSPS) is 11.5. The monoisotopic (exact) mass is 273 g/mol. The lowest BCUT2D eigenvalue weighted by Crippen LogP contribution is -2.46. The Morgan fingerprint density at radius 2 is 1.89 bits per heavy atom. The number of unbranched alkanes of at least 4 members (excludes halogenated alkanes) is 1. The number of carbonyl (C=O) groups excluding carboxylic acids is 2. The lowest BCUT2D eigenvalue weighted by atomic mass is 10.1. The molecule has 0 aromatic heterocycles. The summed E-state index contributed by atoms with van der Waals surface area (Å²) in [7, 11) is 3.27. The summed E-state index contributed by atoms with van der Waals surface area (Å²) >= 11 is 0. The minimum absolute atomic E-state index is 0.0962. The van der Waals surface area contributed by atoms with Crippen LogP contribution in [0.1, 0.15) is 32.6 Å². The summed E-state index contributed by atoms with van der Waals surface area (Å²) in [6.07, 6.45) is 2.18. The number of hydrogen-bond acceptors (Lipinski definition) is 3. The summed E-state index contributed by atoms with van der Waals surface area (Å²) in [5, 5.41) is 13.8. The molecule has 1 atom stereocenters. The molecule has 7 heteroatoms. The maximum atomic E-state index is 11.5. The van der Waals surface area contributed by atoms with E-state index in [4.69, 9.17) is 5.11 Å². The van der Waals surface area contributed by atoms with Crippen molar-refractivity contribution < 1.29 is 19.5 Å². The van der Waals surface area contributed by atoms with Crippen LogP contribution in [0.15, 0.2) is 0 Å². The minimum atomic E-state index is -1.05. The third-order valence-electron chi connectivity index (χ3n) is 2.57. The molecule has 0 saturated heterocycles. The van der Waals surface area contributed by atoms with Crippen LogP contribution in [0.4, 0.5) is 4.79 Å². The van der Waals surface area contributed by atoms with Crippen LogP contribution in [-0.4, -0.2) is 54.6 Å². The second-order valence-electron chi connectivity index (χ2n) is 4.47. The molecule has 3 N–H and O–H groups in total. The summed E-state index contributed by atoms with van der Waals surface area (Å²) in [6.45, 7) is 2.13. The molecule has 0 aliphatic rings. The first-order valence-corrected chi connectivity index (χ1v) is 6.35. The van der Waals surface area contributed by atoms with Crippen LogP contribution >= 0.6 is 0 Å². The molecule has 0 aromatic rings. The molecule has 110 valence electrons. The fourth-order valence-corrected chi connectivity index (χ4v) is 1.38. The smallest absolute Gasteiger partial charge is 0.326 e. The Balaban J connectivity index is 3.99. The summed E-state index contributed by atoms with van der Waals surface area (Å²) in [6, 6.07) is -1.44. The van der Waals surface area contributed by atoms with E-state index in [2.05, 4.69) is 10.6 Å². The fraction of sp³-hybridized carbons (Fsp3) is 0.750. The van der Waals surface area contributed by atoms with Gasteiger partial charge in [0.15, 0.2) is 0 Å². The van der Waals surface area contributed by atoms with Crippen molar-refractivity contribution in [1.82, 2.24) is 15.5 Å². The highest BCUT2D eigenvalue weighted by Crippen LogP contribution is 2.00. The van der Waals surface area contributed by atoms with Gasteiger partial charge in [0.05, 0.1) is 0 Å². The third-order valence-corrected chi connectivity index (χ3v) is 2.57. The van der Waals surface area contributed by atoms with Crippen molar-refractivity contribution in [3.63, 3.8) is 0 Å². The average molecular weight is 273 g/mol. The molecule has 0 aromatic carbocycles. The maximum Gasteiger partial charge on any atom is 0.326 e. The van der Waals surface area contributed by atoms with E-state index in [1.165, 1.54) is 4.90 Å². The summed E-state index contributed by atoms with van der Waals surface area (Å²) in [5.41, 5.74) is 0. The van der Waals surface area contributed by atoms with Crippen LogP contribution in [0.5, 0.6) is 0 Å². The first kappa shape index (κ1) is 17.2. The zero-order valence-corrected chi connectivity index (χ0v) is 11.7. The highest BCUT2D eigenvalue weighted by Gasteiger charge is 2.18. The Morgan fingerprint density at radius 3 is 2.37 bits per heavy atom. The van der Waals surface area contributed by atoms with Gasteiger partial charge in [-0.25, -0.2) is 9.59 Å². The summed E-state index contributed by atoms with van der Waals surface area (Å²) < 4.78 is 0. The van der Waals surface area contributed by atoms with Gasteiger partial charge in [-0.2, -0.15) is 0 Å². The minimum Gasteiger partial charge on any atom is -0.480 e. The van der Waals surface area contributed by atoms with E-state index in [9.17, 15) is 14.4 Å². The standard InChI is InChI=1S/C12H23N3O4/c1-4-5-6-9(11(17)18)14-12(19)13-8-7-10(16)15(2)3/h9H,4-8H2,1-3H3,(H,17,18)(H2,13,14,19). The first-order chi connectivity index (χ1) is 8.88. The first-order valence-electron chi connectivity index (χ1n) is 6.35. The summed E-state index contributed by atoms with van der Waals surface area (Å²) in [4.78, 5) is 35.1. The van der Waals surface area contributed by atoms with E-state index in [0.29, 0.717) is 6.42 Å². The van der Waals surface area contributed by atoms with Gasteiger partial charge >= 0.3 is 12.0 Å². The number of nitrogens with zero attached hydrogens (tertiary/aromatic N) is 1. The lowest BCUT2D eigenvalue weighted by Gasteiger charge is -2.15. The van der Waals surface area contributed by atoms with Crippen LogP contribution in [-0.2, 0) is 9.59 Å². The van der Waals surface area contributed by atoms with Crippen molar-refractivity contribution in [1.29, 1.82) is 0 Å². The fourth-order valence-electron chi connectivity index (χ4n) is 1.38. The molecule has 0 fully saturated rings.